The first-order chi connectivity index (χ1) is 12.3. The number of nitriles is 1. The highest BCUT2D eigenvalue weighted by atomic mass is 19.4. The highest BCUT2D eigenvalue weighted by Crippen LogP contribution is 2.38. The van der Waals surface area contributed by atoms with Gasteiger partial charge in [0.1, 0.15) is 18.0 Å². The number of nitrogens with one attached hydrogen (secondary N) is 2. The number of rotatable bonds is 4. The smallest absolute Gasteiger partial charge is 0.303 e. The summed E-state index contributed by atoms with van der Waals surface area (Å²) in [6, 6.07) is 7.41. The van der Waals surface area contributed by atoms with E-state index in [2.05, 4.69) is 15.9 Å². The van der Waals surface area contributed by atoms with Crippen LogP contribution in [0.25, 0.3) is 11.3 Å². The number of benzene rings is 1. The number of carbonyl (C=O) groups excluding carboxylic acids is 1. The van der Waals surface area contributed by atoms with Crippen LogP contribution >= 0.6 is 0 Å². The second-order valence-corrected chi connectivity index (χ2v) is 5.73. The number of fused-ring (bicyclic) bond motifs is 1. The van der Waals surface area contributed by atoms with E-state index in [0.717, 1.165) is 6.07 Å². The molecular weight excluding hydrogens is 347 g/mol. The van der Waals surface area contributed by atoms with Gasteiger partial charge in [-0.2, -0.15) is 18.4 Å². The molecule has 3 rings (SSSR count). The van der Waals surface area contributed by atoms with E-state index in [1.165, 1.54) is 12.1 Å². The van der Waals surface area contributed by atoms with E-state index < -0.39 is 11.7 Å². The molecule has 1 aromatic carbocycles. The zero-order chi connectivity index (χ0) is 18.9. The lowest BCUT2D eigenvalue weighted by Gasteiger charge is -2.15. The number of carbonyl (C=O) groups is 1. The summed E-state index contributed by atoms with van der Waals surface area (Å²) in [5.41, 5.74) is 6.47. The Morgan fingerprint density at radius 2 is 2.12 bits per heavy atom. The van der Waals surface area contributed by atoms with Gasteiger partial charge in [-0.1, -0.05) is 12.1 Å². The number of hydrazine groups is 2. The minimum Gasteiger partial charge on any atom is -0.303 e. The van der Waals surface area contributed by atoms with Crippen LogP contribution in [0.2, 0.25) is 0 Å². The Morgan fingerprint density at radius 3 is 2.77 bits per heavy atom. The number of hydrogen-bond donors (Lipinski definition) is 2. The predicted octanol–water partition coefficient (Wildman–Crippen LogP) is 3.05. The van der Waals surface area contributed by atoms with Gasteiger partial charge in [0.2, 0.25) is 0 Å². The molecule has 2 N–H and O–H groups in total. The summed E-state index contributed by atoms with van der Waals surface area (Å²) in [5.74, 6) is 0. The molecule has 0 saturated carbocycles. The number of aryl methyl sites for hydroxylation is 1. The van der Waals surface area contributed by atoms with Gasteiger partial charge in [-0.25, -0.2) is 4.98 Å². The van der Waals surface area contributed by atoms with Crippen molar-refractivity contribution in [1.29, 1.82) is 5.26 Å². The third-order valence-corrected chi connectivity index (χ3v) is 4.06. The molecule has 0 unspecified atom stereocenters. The molecule has 1 aliphatic rings. The summed E-state index contributed by atoms with van der Waals surface area (Å²) in [5, 5.41) is 10.9. The van der Waals surface area contributed by atoms with Crippen LogP contribution in [0.5, 0.6) is 0 Å². The maximum absolute atomic E-state index is 13.4. The normalized spacial score (nSPS) is 13.1. The molecule has 0 saturated heterocycles. The minimum atomic E-state index is -4.55. The maximum Gasteiger partial charge on any atom is 0.416 e. The van der Waals surface area contributed by atoms with Gasteiger partial charge in [-0.15, -0.1) is 5.53 Å². The maximum atomic E-state index is 13.4. The Kier molecular flexibility index (Phi) is 4.52. The molecule has 0 spiro atoms. The van der Waals surface area contributed by atoms with E-state index in [9.17, 15) is 23.2 Å². The first-order valence-electron chi connectivity index (χ1n) is 7.70. The van der Waals surface area contributed by atoms with Crippen molar-refractivity contribution in [2.24, 2.45) is 0 Å². The highest BCUT2D eigenvalue weighted by Gasteiger charge is 2.33. The van der Waals surface area contributed by atoms with Crippen molar-refractivity contribution in [2.75, 3.05) is 17.5 Å². The molecule has 0 bridgehead atoms. The van der Waals surface area contributed by atoms with E-state index in [1.807, 2.05) is 6.07 Å². The number of hydrogen-bond acceptors (Lipinski definition) is 6. The Hall–Kier alpha value is -3.12. The fourth-order valence-electron chi connectivity index (χ4n) is 2.78. The van der Waals surface area contributed by atoms with Gasteiger partial charge >= 0.3 is 6.18 Å². The molecule has 1 aromatic heterocycles. The van der Waals surface area contributed by atoms with Crippen LogP contribution in [0.15, 0.2) is 24.3 Å². The van der Waals surface area contributed by atoms with E-state index in [-0.39, 0.29) is 35.4 Å². The standard InChI is InChI=1S/C17H14F3N5O/c1-25-15-8-13(22-14(9-21)16(15)23-24-25)11-5-4-10(3-2-6-26)12(7-11)17(18,19)20/h4-8,23-24H,2-3H2,1H3. The lowest BCUT2D eigenvalue weighted by atomic mass is 9.98. The summed E-state index contributed by atoms with van der Waals surface area (Å²) in [4.78, 5) is 14.7. The summed E-state index contributed by atoms with van der Waals surface area (Å²) in [6.45, 7) is 0. The third-order valence-electron chi connectivity index (χ3n) is 4.06. The van der Waals surface area contributed by atoms with Gasteiger partial charge in [0, 0.05) is 19.0 Å². The molecule has 0 aliphatic carbocycles. The molecule has 2 heterocycles. The van der Waals surface area contributed by atoms with Gasteiger partial charge < -0.3 is 4.79 Å². The van der Waals surface area contributed by atoms with Gasteiger partial charge in [0.25, 0.3) is 0 Å². The number of pyridine rings is 1. The zero-order valence-corrected chi connectivity index (χ0v) is 13.7. The number of anilines is 2. The fraction of sp³-hybridized carbons (Fsp3) is 0.235. The Labute approximate surface area is 147 Å². The van der Waals surface area contributed by atoms with Crippen molar-refractivity contribution in [2.45, 2.75) is 19.0 Å². The molecule has 134 valence electrons. The summed E-state index contributed by atoms with van der Waals surface area (Å²) in [6.07, 6.45) is -3.94. The molecule has 9 heteroatoms. The Balaban J connectivity index is 2.12. The average Bonchev–Trinajstić information content (AvgIpc) is 2.99. The second-order valence-electron chi connectivity index (χ2n) is 5.73. The molecule has 0 amide bonds. The van der Waals surface area contributed by atoms with Crippen molar-refractivity contribution >= 4 is 17.7 Å². The monoisotopic (exact) mass is 361 g/mol. The van der Waals surface area contributed by atoms with Crippen LogP contribution in [-0.4, -0.2) is 18.3 Å². The van der Waals surface area contributed by atoms with Crippen LogP contribution < -0.4 is 16.0 Å². The van der Waals surface area contributed by atoms with E-state index in [4.69, 9.17) is 0 Å². The number of halogens is 3. The average molecular weight is 361 g/mol. The first-order valence-corrected chi connectivity index (χ1v) is 7.70. The van der Waals surface area contributed by atoms with Crippen LogP contribution in [0, 0.1) is 11.3 Å². The van der Waals surface area contributed by atoms with Gasteiger partial charge in [-0.05, 0) is 24.1 Å². The number of aldehydes is 1. The van der Waals surface area contributed by atoms with Crippen LogP contribution in [-0.2, 0) is 17.4 Å². The number of aromatic nitrogens is 1. The van der Waals surface area contributed by atoms with E-state index >= 15 is 0 Å². The SMILES string of the molecule is CN1NNc2c1cc(-c1ccc(CCC=O)c(C(F)(F)F)c1)nc2C#N. The lowest BCUT2D eigenvalue weighted by molar-refractivity contribution is -0.138. The number of nitrogens with zero attached hydrogens (tertiary/aromatic N) is 3. The molecule has 0 atom stereocenters. The Morgan fingerprint density at radius 1 is 1.35 bits per heavy atom. The van der Waals surface area contributed by atoms with Gasteiger partial charge in [0.05, 0.1) is 16.9 Å². The first kappa shape index (κ1) is 17.7. The molecule has 0 radical (unpaired) electrons. The topological polar surface area (TPSA) is 81.0 Å². The van der Waals surface area contributed by atoms with Crippen LogP contribution in [0.1, 0.15) is 23.2 Å². The molecule has 1 aliphatic heterocycles. The molecule has 6 nitrogen and oxygen atoms in total. The predicted molar refractivity (Wildman–Crippen MR) is 88.9 cm³/mol. The second kappa shape index (κ2) is 6.65. The largest absolute Gasteiger partial charge is 0.416 e. The summed E-state index contributed by atoms with van der Waals surface area (Å²) < 4.78 is 40.2. The molecule has 26 heavy (non-hydrogen) atoms. The van der Waals surface area contributed by atoms with E-state index in [1.54, 1.807) is 18.1 Å². The van der Waals surface area contributed by atoms with E-state index in [0.29, 0.717) is 17.7 Å². The highest BCUT2D eigenvalue weighted by molar-refractivity contribution is 5.81. The van der Waals surface area contributed by atoms with Crippen molar-refractivity contribution in [3.05, 3.63) is 41.1 Å². The van der Waals surface area contributed by atoms with Crippen molar-refractivity contribution < 1.29 is 18.0 Å². The van der Waals surface area contributed by atoms with Crippen molar-refractivity contribution in [3.63, 3.8) is 0 Å². The van der Waals surface area contributed by atoms with Crippen LogP contribution in [0.4, 0.5) is 24.5 Å². The Bertz CT molecular complexity index is 904. The summed E-state index contributed by atoms with van der Waals surface area (Å²) >= 11 is 0. The van der Waals surface area contributed by atoms with Gasteiger partial charge in [0.15, 0.2) is 5.69 Å². The number of alkyl halides is 3. The third kappa shape index (κ3) is 3.19. The summed E-state index contributed by atoms with van der Waals surface area (Å²) in [7, 11) is 1.70. The minimum absolute atomic E-state index is 0.0102. The van der Waals surface area contributed by atoms with Crippen LogP contribution in [0.3, 0.4) is 0 Å². The van der Waals surface area contributed by atoms with Crippen molar-refractivity contribution in [1.82, 2.24) is 10.5 Å². The molecule has 0 fully saturated rings. The van der Waals surface area contributed by atoms with Gasteiger partial charge in [-0.3, -0.25) is 10.4 Å². The molecule has 2 aromatic rings. The quantitative estimate of drug-likeness (QED) is 0.815. The fourth-order valence-corrected chi connectivity index (χ4v) is 2.78. The van der Waals surface area contributed by atoms with Crippen molar-refractivity contribution in [3.8, 4) is 17.3 Å². The zero-order valence-electron chi connectivity index (χ0n) is 13.7. The lowest BCUT2D eigenvalue weighted by Crippen LogP contribution is -2.31. The molecular formula is C17H14F3N5O.